The van der Waals surface area contributed by atoms with Crippen LogP contribution in [0.15, 0.2) is 0 Å². The van der Waals surface area contributed by atoms with Gasteiger partial charge in [0.25, 0.3) is 0 Å². The second-order valence-corrected chi connectivity index (χ2v) is 5.63. The molecule has 0 heterocycles. The summed E-state index contributed by atoms with van der Waals surface area (Å²) in [5.41, 5.74) is -6.37. The molecule has 0 saturated heterocycles. The van der Waals surface area contributed by atoms with Gasteiger partial charge in [-0.3, -0.25) is 0 Å². The molecule has 0 amide bonds. The molecule has 0 radical (unpaired) electrons. The maximum absolute atomic E-state index is 13.8. The van der Waals surface area contributed by atoms with Crippen LogP contribution in [0.4, 0.5) is 30.7 Å². The van der Waals surface area contributed by atoms with Crippen molar-refractivity contribution in [2.75, 3.05) is 6.61 Å². The van der Waals surface area contributed by atoms with E-state index in [4.69, 9.17) is 5.11 Å². The molecule has 0 unspecified atom stereocenters. The highest BCUT2D eigenvalue weighted by molar-refractivity contribution is 5.05. The van der Waals surface area contributed by atoms with Crippen LogP contribution in [0.2, 0.25) is 0 Å². The fourth-order valence-electron chi connectivity index (χ4n) is 1.43. The number of aliphatic hydroxyl groups excluding tert-OH is 1. The molecule has 0 aliphatic rings. The Morgan fingerprint density at radius 3 is 1.37 bits per heavy atom. The van der Waals surface area contributed by atoms with Crippen molar-refractivity contribution in [1.29, 1.82) is 0 Å². The van der Waals surface area contributed by atoms with Gasteiger partial charge in [0.05, 0.1) is 0 Å². The highest BCUT2D eigenvalue weighted by Gasteiger charge is 2.76. The van der Waals surface area contributed by atoms with Crippen molar-refractivity contribution in [3.05, 3.63) is 0 Å². The Bertz CT molecular complexity index is 317. The van der Waals surface area contributed by atoms with Gasteiger partial charge < -0.3 is 5.11 Å². The minimum atomic E-state index is -5.49. The van der Waals surface area contributed by atoms with Gasteiger partial charge in [0.15, 0.2) is 0 Å². The molecule has 0 atom stereocenters. The molecule has 19 heavy (non-hydrogen) atoms. The van der Waals surface area contributed by atoms with Crippen LogP contribution in [-0.2, 0) is 0 Å². The smallest absolute Gasteiger partial charge is 0.396 e. The summed E-state index contributed by atoms with van der Waals surface area (Å²) in [4.78, 5) is 0. The summed E-state index contributed by atoms with van der Waals surface area (Å²) in [6.07, 6.45) is -6.24. The van der Waals surface area contributed by atoms with Crippen molar-refractivity contribution in [3.8, 4) is 0 Å². The first-order valence-electron chi connectivity index (χ1n) is 5.49. The van der Waals surface area contributed by atoms with E-state index in [9.17, 15) is 30.7 Å². The molecule has 0 fully saturated rings. The monoisotopic (exact) mass is 298 g/mol. The van der Waals surface area contributed by atoms with Gasteiger partial charge in [-0.05, 0) is 20.3 Å². The van der Waals surface area contributed by atoms with Gasteiger partial charge in [0.2, 0.25) is 0 Å². The van der Waals surface area contributed by atoms with Crippen molar-refractivity contribution in [2.45, 2.75) is 52.1 Å². The fourth-order valence-corrected chi connectivity index (χ4v) is 1.43. The zero-order valence-corrected chi connectivity index (χ0v) is 11.0. The van der Waals surface area contributed by atoms with Crippen LogP contribution in [-0.4, -0.2) is 29.7 Å². The van der Waals surface area contributed by atoms with Crippen LogP contribution in [0, 0.1) is 10.8 Å². The number of aliphatic hydroxyl groups is 1. The highest BCUT2D eigenvalue weighted by atomic mass is 19.4. The molecular formula is C11H17F7O. The van der Waals surface area contributed by atoms with Crippen LogP contribution in [0.5, 0.6) is 0 Å². The minimum absolute atomic E-state index is 0.0376. The summed E-state index contributed by atoms with van der Waals surface area (Å²) in [6.45, 7) is 0.643. The molecule has 0 aliphatic carbocycles. The molecule has 8 heteroatoms. The first kappa shape index (κ1) is 18.5. The van der Waals surface area contributed by atoms with Crippen molar-refractivity contribution in [2.24, 2.45) is 10.8 Å². The largest absolute Gasteiger partial charge is 0.399 e. The molecule has 0 aromatic heterocycles. The quantitative estimate of drug-likeness (QED) is 0.752. The van der Waals surface area contributed by atoms with E-state index in [1.807, 2.05) is 0 Å². The van der Waals surface area contributed by atoms with Gasteiger partial charge >= 0.3 is 18.0 Å². The second-order valence-electron chi connectivity index (χ2n) is 5.63. The lowest BCUT2D eigenvalue weighted by molar-refractivity contribution is -0.363. The zero-order chi connectivity index (χ0) is 15.9. The first-order chi connectivity index (χ1) is 8.06. The van der Waals surface area contributed by atoms with E-state index in [1.165, 1.54) is 0 Å². The van der Waals surface area contributed by atoms with Crippen molar-refractivity contribution < 1.29 is 35.8 Å². The lowest BCUT2D eigenvalue weighted by Crippen LogP contribution is -2.62. The van der Waals surface area contributed by atoms with E-state index in [1.54, 1.807) is 0 Å². The average molecular weight is 298 g/mol. The van der Waals surface area contributed by atoms with Crippen LogP contribution in [0.25, 0.3) is 0 Å². The van der Waals surface area contributed by atoms with Crippen LogP contribution in [0.1, 0.15) is 34.1 Å². The second kappa shape index (κ2) is 4.79. The van der Waals surface area contributed by atoms with Gasteiger partial charge in [-0.25, -0.2) is 0 Å². The predicted octanol–water partition coefficient (Wildman–Crippen LogP) is 4.25. The van der Waals surface area contributed by atoms with Crippen LogP contribution >= 0.6 is 0 Å². The molecular weight excluding hydrogens is 281 g/mol. The molecule has 0 rings (SSSR count). The van der Waals surface area contributed by atoms with Gasteiger partial charge in [-0.2, -0.15) is 30.7 Å². The van der Waals surface area contributed by atoms with E-state index in [2.05, 4.69) is 0 Å². The molecule has 0 aromatic rings. The Kier molecular flexibility index (Phi) is 4.65. The van der Waals surface area contributed by atoms with E-state index in [0.717, 1.165) is 0 Å². The molecule has 1 nitrogen and oxygen atoms in total. The Balaban J connectivity index is 5.77. The standard InChI is InChI=1S/C11H17F7O/c1-7(2,5-6-19)9(12,13)10(14,15)8(3,4)11(16,17)18/h19H,5-6H2,1-4H3. The summed E-state index contributed by atoms with van der Waals surface area (Å²) in [5, 5.41) is 8.59. The lowest BCUT2D eigenvalue weighted by Gasteiger charge is -2.45. The molecule has 0 spiro atoms. The number of hydrogen-bond donors (Lipinski definition) is 1. The highest BCUT2D eigenvalue weighted by Crippen LogP contribution is 2.60. The third-order valence-electron chi connectivity index (χ3n) is 3.47. The number of rotatable bonds is 5. The van der Waals surface area contributed by atoms with Gasteiger partial charge in [0.1, 0.15) is 5.41 Å². The Morgan fingerprint density at radius 2 is 1.11 bits per heavy atom. The van der Waals surface area contributed by atoms with Crippen LogP contribution < -0.4 is 0 Å². The number of alkyl halides is 7. The average Bonchev–Trinajstić information content (AvgIpc) is 2.14. The molecule has 0 saturated carbocycles. The Morgan fingerprint density at radius 1 is 0.737 bits per heavy atom. The molecule has 0 aromatic carbocycles. The summed E-state index contributed by atoms with van der Waals surface area (Å²) in [5.74, 6) is -10.2. The Hall–Kier alpha value is -0.530. The molecule has 116 valence electrons. The lowest BCUT2D eigenvalue weighted by atomic mass is 9.71. The molecule has 1 N–H and O–H groups in total. The van der Waals surface area contributed by atoms with Crippen molar-refractivity contribution in [3.63, 3.8) is 0 Å². The number of hydrogen-bond acceptors (Lipinski definition) is 1. The third-order valence-corrected chi connectivity index (χ3v) is 3.47. The summed E-state index contributed by atoms with van der Waals surface area (Å²) < 4.78 is 92.9. The van der Waals surface area contributed by atoms with E-state index in [0.29, 0.717) is 13.8 Å². The maximum atomic E-state index is 13.8. The van der Waals surface area contributed by atoms with Crippen LogP contribution in [0.3, 0.4) is 0 Å². The van der Waals surface area contributed by atoms with Crippen molar-refractivity contribution >= 4 is 0 Å². The predicted molar refractivity (Wildman–Crippen MR) is 55.2 cm³/mol. The maximum Gasteiger partial charge on any atom is 0.399 e. The third kappa shape index (κ3) is 2.68. The SMILES string of the molecule is CC(C)(CCO)C(F)(F)C(F)(F)C(C)(C)C(F)(F)F. The Labute approximate surface area is 106 Å². The van der Waals surface area contributed by atoms with E-state index in [-0.39, 0.29) is 13.8 Å². The summed E-state index contributed by atoms with van der Waals surface area (Å²) >= 11 is 0. The van der Waals surface area contributed by atoms with Crippen molar-refractivity contribution in [1.82, 2.24) is 0 Å². The summed E-state index contributed by atoms with van der Waals surface area (Å²) in [7, 11) is 0. The van der Waals surface area contributed by atoms with Gasteiger partial charge in [-0.15, -0.1) is 0 Å². The topological polar surface area (TPSA) is 20.2 Å². The van der Waals surface area contributed by atoms with E-state index < -0.39 is 41.9 Å². The molecule has 0 aliphatic heterocycles. The molecule has 0 bridgehead atoms. The summed E-state index contributed by atoms with van der Waals surface area (Å²) in [6, 6.07) is 0. The number of halogens is 7. The van der Waals surface area contributed by atoms with Gasteiger partial charge in [0, 0.05) is 12.0 Å². The minimum Gasteiger partial charge on any atom is -0.396 e. The van der Waals surface area contributed by atoms with Gasteiger partial charge in [-0.1, -0.05) is 13.8 Å². The normalized spacial score (nSPS) is 15.8. The fraction of sp³-hybridized carbons (Fsp3) is 1.00. The first-order valence-corrected chi connectivity index (χ1v) is 5.49. The zero-order valence-electron chi connectivity index (χ0n) is 11.0. The van der Waals surface area contributed by atoms with E-state index >= 15 is 0 Å².